The lowest BCUT2D eigenvalue weighted by atomic mass is 9.84. The minimum Gasteiger partial charge on any atom is -0.456 e. The normalized spacial score (nSPS) is 16.7. The molecule has 3 rings (SSSR count). The van der Waals surface area contributed by atoms with Gasteiger partial charge in [-0.2, -0.15) is 0 Å². The summed E-state index contributed by atoms with van der Waals surface area (Å²) in [5.74, 6) is -1.37. The molecule has 0 radical (unpaired) electrons. The Morgan fingerprint density at radius 2 is 2.14 bits per heavy atom. The van der Waals surface area contributed by atoms with Crippen LogP contribution in [0.25, 0.3) is 0 Å². The number of Topliss-reactive ketones (excluding diaryl/α,β-unsaturated/α-hetero) is 1. The smallest absolute Gasteiger partial charge is 0.361 e. The van der Waals surface area contributed by atoms with Gasteiger partial charge in [0.15, 0.2) is 17.8 Å². The lowest BCUT2D eigenvalue weighted by Gasteiger charge is -2.27. The number of oxazole rings is 1. The highest BCUT2D eigenvalue weighted by Gasteiger charge is 2.41. The van der Waals surface area contributed by atoms with Crippen LogP contribution in [0.3, 0.4) is 0 Å². The third-order valence-electron chi connectivity index (χ3n) is 5.39. The maximum absolute atomic E-state index is 12.8. The highest BCUT2D eigenvalue weighted by atomic mass is 16.5. The molecule has 3 heterocycles. The molecular formula is C21H25N3O5. The van der Waals surface area contributed by atoms with Crippen molar-refractivity contribution in [3.05, 3.63) is 47.9 Å². The van der Waals surface area contributed by atoms with Crippen molar-refractivity contribution < 1.29 is 23.5 Å². The van der Waals surface area contributed by atoms with Crippen molar-refractivity contribution in [2.24, 2.45) is 5.41 Å². The summed E-state index contributed by atoms with van der Waals surface area (Å²) in [4.78, 5) is 47.5. The van der Waals surface area contributed by atoms with Gasteiger partial charge in [-0.3, -0.25) is 14.6 Å². The van der Waals surface area contributed by atoms with Crippen molar-refractivity contribution in [1.29, 1.82) is 0 Å². The second kappa shape index (κ2) is 8.55. The van der Waals surface area contributed by atoms with Gasteiger partial charge in [0, 0.05) is 29.9 Å². The molecule has 8 nitrogen and oxygen atoms in total. The van der Waals surface area contributed by atoms with Gasteiger partial charge in [-0.25, -0.2) is 9.78 Å². The van der Waals surface area contributed by atoms with Gasteiger partial charge in [0.1, 0.15) is 6.61 Å². The highest BCUT2D eigenvalue weighted by molar-refractivity contribution is 6.38. The molecule has 0 bridgehead atoms. The lowest BCUT2D eigenvalue weighted by Crippen LogP contribution is -2.42. The number of esters is 1. The summed E-state index contributed by atoms with van der Waals surface area (Å²) in [6.07, 6.45) is 6.26. The number of rotatable bonds is 7. The number of likely N-dealkylation sites (tertiary alicyclic amines) is 1. The van der Waals surface area contributed by atoms with Gasteiger partial charge in [0.2, 0.25) is 5.78 Å². The number of hydrogen-bond donors (Lipinski definition) is 0. The number of ether oxygens (including phenoxy) is 1. The Morgan fingerprint density at radius 3 is 2.83 bits per heavy atom. The van der Waals surface area contributed by atoms with Crippen molar-refractivity contribution in [3.63, 3.8) is 0 Å². The Hall–Kier alpha value is -3.03. The first kappa shape index (κ1) is 20.7. The van der Waals surface area contributed by atoms with Gasteiger partial charge in [-0.15, -0.1) is 0 Å². The van der Waals surface area contributed by atoms with Crippen molar-refractivity contribution in [3.8, 4) is 0 Å². The lowest BCUT2D eigenvalue weighted by molar-refractivity contribution is -0.150. The van der Waals surface area contributed by atoms with E-state index in [0.29, 0.717) is 25.8 Å². The molecule has 1 aliphatic heterocycles. The summed E-state index contributed by atoms with van der Waals surface area (Å²) in [5.41, 5.74) is 0.0358. The molecule has 8 heteroatoms. The van der Waals surface area contributed by atoms with Crippen LogP contribution in [0.15, 0.2) is 35.3 Å². The number of amides is 1. The average Bonchev–Trinajstić information content (AvgIpc) is 3.40. The molecule has 0 saturated carbocycles. The third kappa shape index (κ3) is 4.36. The molecule has 29 heavy (non-hydrogen) atoms. The van der Waals surface area contributed by atoms with Gasteiger partial charge in [-0.05, 0) is 25.3 Å². The minimum atomic E-state index is -0.739. The molecule has 0 N–H and O–H groups in total. The van der Waals surface area contributed by atoms with Crippen LogP contribution in [-0.4, -0.2) is 39.1 Å². The standard InChI is InChI=1S/C21H25N3O5/c1-4-21(2,3)18(25)19(26)24-10-6-8-15(24)17-16(23-13-29-17)20(27)28-12-14-7-5-9-22-11-14/h5,7,9,11,13,15H,4,6,8,10,12H2,1-3H3/t15-/m0/s1. The van der Waals surface area contributed by atoms with E-state index in [4.69, 9.17) is 9.15 Å². The van der Waals surface area contributed by atoms with Gasteiger partial charge < -0.3 is 14.1 Å². The zero-order valence-electron chi connectivity index (χ0n) is 16.9. The molecule has 154 valence electrons. The van der Waals surface area contributed by atoms with Gasteiger partial charge in [0.25, 0.3) is 5.91 Å². The van der Waals surface area contributed by atoms with E-state index < -0.39 is 29.1 Å². The van der Waals surface area contributed by atoms with E-state index in [2.05, 4.69) is 9.97 Å². The van der Waals surface area contributed by atoms with E-state index in [-0.39, 0.29) is 18.1 Å². The number of pyridine rings is 1. The molecule has 2 aromatic rings. The predicted molar refractivity (Wildman–Crippen MR) is 103 cm³/mol. The summed E-state index contributed by atoms with van der Waals surface area (Å²) in [6, 6.07) is 3.03. The molecule has 0 aliphatic carbocycles. The van der Waals surface area contributed by atoms with Crippen molar-refractivity contribution in [2.75, 3.05) is 6.54 Å². The van der Waals surface area contributed by atoms with Crippen LogP contribution in [-0.2, 0) is 20.9 Å². The molecule has 1 aliphatic rings. The number of nitrogens with zero attached hydrogens (tertiary/aromatic N) is 3. The Labute approximate surface area is 169 Å². The Balaban J connectivity index is 1.75. The van der Waals surface area contributed by atoms with Gasteiger partial charge in [-0.1, -0.05) is 26.8 Å². The molecule has 1 fully saturated rings. The maximum atomic E-state index is 12.8. The Kier molecular flexibility index (Phi) is 6.10. The fourth-order valence-corrected chi connectivity index (χ4v) is 3.21. The van der Waals surface area contributed by atoms with Crippen LogP contribution in [0.1, 0.15) is 67.9 Å². The van der Waals surface area contributed by atoms with Crippen LogP contribution in [0.4, 0.5) is 0 Å². The molecule has 1 atom stereocenters. The second-order valence-electron chi connectivity index (χ2n) is 7.73. The van der Waals surface area contributed by atoms with E-state index in [0.717, 1.165) is 12.0 Å². The molecule has 2 aromatic heterocycles. The highest BCUT2D eigenvalue weighted by Crippen LogP contribution is 2.35. The van der Waals surface area contributed by atoms with E-state index in [1.807, 2.05) is 6.92 Å². The number of ketones is 1. The van der Waals surface area contributed by atoms with Crippen molar-refractivity contribution >= 4 is 17.7 Å². The summed E-state index contributed by atoms with van der Waals surface area (Å²) in [6.45, 7) is 5.87. The molecule has 1 amide bonds. The van der Waals surface area contributed by atoms with E-state index in [9.17, 15) is 14.4 Å². The first-order valence-corrected chi connectivity index (χ1v) is 9.70. The second-order valence-corrected chi connectivity index (χ2v) is 7.73. The Bertz CT molecular complexity index is 891. The van der Waals surface area contributed by atoms with Crippen LogP contribution >= 0.6 is 0 Å². The van der Waals surface area contributed by atoms with Crippen LogP contribution in [0, 0.1) is 5.41 Å². The zero-order valence-corrected chi connectivity index (χ0v) is 16.9. The molecule has 0 aromatic carbocycles. The van der Waals surface area contributed by atoms with E-state index in [1.54, 1.807) is 38.4 Å². The molecule has 1 saturated heterocycles. The topological polar surface area (TPSA) is 103 Å². The van der Waals surface area contributed by atoms with Gasteiger partial charge >= 0.3 is 5.97 Å². The van der Waals surface area contributed by atoms with Crippen LogP contribution < -0.4 is 0 Å². The van der Waals surface area contributed by atoms with E-state index >= 15 is 0 Å². The number of carbonyl (C=O) groups excluding carboxylic acids is 3. The molecule has 0 spiro atoms. The fourth-order valence-electron chi connectivity index (χ4n) is 3.21. The van der Waals surface area contributed by atoms with Crippen LogP contribution in [0.5, 0.6) is 0 Å². The zero-order chi connectivity index (χ0) is 21.0. The molecular weight excluding hydrogens is 374 g/mol. The number of carbonyl (C=O) groups is 3. The SMILES string of the molecule is CCC(C)(C)C(=O)C(=O)N1CCC[C@H]1c1ocnc1C(=O)OCc1cccnc1. The number of hydrogen-bond acceptors (Lipinski definition) is 7. The predicted octanol–water partition coefficient (Wildman–Crippen LogP) is 3.10. The van der Waals surface area contributed by atoms with Crippen molar-refractivity contribution in [2.45, 2.75) is 52.7 Å². The first-order chi connectivity index (χ1) is 13.8. The monoisotopic (exact) mass is 399 g/mol. The molecule has 0 unspecified atom stereocenters. The summed E-state index contributed by atoms with van der Waals surface area (Å²) < 4.78 is 10.8. The van der Waals surface area contributed by atoms with Crippen LogP contribution in [0.2, 0.25) is 0 Å². The summed E-state index contributed by atoms with van der Waals surface area (Å²) >= 11 is 0. The van der Waals surface area contributed by atoms with Crippen molar-refractivity contribution in [1.82, 2.24) is 14.9 Å². The summed E-state index contributed by atoms with van der Waals surface area (Å²) in [5, 5.41) is 0. The average molecular weight is 399 g/mol. The summed E-state index contributed by atoms with van der Waals surface area (Å²) in [7, 11) is 0. The third-order valence-corrected chi connectivity index (χ3v) is 5.39. The van der Waals surface area contributed by atoms with E-state index in [1.165, 1.54) is 4.90 Å². The van der Waals surface area contributed by atoms with Gasteiger partial charge in [0.05, 0.1) is 6.04 Å². The minimum absolute atomic E-state index is 0.0285. The fraction of sp³-hybridized carbons (Fsp3) is 0.476. The first-order valence-electron chi connectivity index (χ1n) is 9.70. The number of aromatic nitrogens is 2. The quantitative estimate of drug-likeness (QED) is 0.521. The Morgan fingerprint density at radius 1 is 1.34 bits per heavy atom. The maximum Gasteiger partial charge on any atom is 0.361 e. The largest absolute Gasteiger partial charge is 0.456 e.